The molecule has 134 valence electrons. The van der Waals surface area contributed by atoms with Crippen molar-refractivity contribution in [1.82, 2.24) is 4.90 Å². The van der Waals surface area contributed by atoms with Gasteiger partial charge in [-0.2, -0.15) is 0 Å². The molecule has 0 radical (unpaired) electrons. The maximum absolute atomic E-state index is 12.7. The SMILES string of the molecule is NC(=O)C1(Cc2ccc(Cl)cc2)CN(C(=O)[C@@H]2C[C@H]2c2ccccc2)C1. The number of benzene rings is 2. The normalized spacial score (nSPS) is 23.2. The zero-order valence-corrected chi connectivity index (χ0v) is 15.2. The number of primary amides is 1. The summed E-state index contributed by atoms with van der Waals surface area (Å²) in [4.78, 5) is 26.6. The average Bonchev–Trinajstić information content (AvgIpc) is 3.40. The Morgan fingerprint density at radius 2 is 1.73 bits per heavy atom. The Kier molecular flexibility index (Phi) is 4.23. The highest BCUT2D eigenvalue weighted by molar-refractivity contribution is 6.30. The summed E-state index contributed by atoms with van der Waals surface area (Å²) in [6.45, 7) is 0.809. The number of halogens is 1. The number of nitrogens with two attached hydrogens (primary N) is 1. The summed E-state index contributed by atoms with van der Waals surface area (Å²) in [5.41, 5.74) is 7.24. The van der Waals surface area contributed by atoms with E-state index in [0.717, 1.165) is 12.0 Å². The topological polar surface area (TPSA) is 63.4 Å². The molecule has 0 spiro atoms. The van der Waals surface area contributed by atoms with E-state index in [0.29, 0.717) is 30.5 Å². The third-order valence-corrected chi connectivity index (χ3v) is 5.86. The Morgan fingerprint density at radius 1 is 1.08 bits per heavy atom. The van der Waals surface area contributed by atoms with Crippen LogP contribution in [0.4, 0.5) is 0 Å². The van der Waals surface area contributed by atoms with E-state index >= 15 is 0 Å². The summed E-state index contributed by atoms with van der Waals surface area (Å²) in [7, 11) is 0. The Morgan fingerprint density at radius 3 is 2.35 bits per heavy atom. The van der Waals surface area contributed by atoms with Crippen LogP contribution >= 0.6 is 11.6 Å². The van der Waals surface area contributed by atoms with Crippen LogP contribution in [0, 0.1) is 11.3 Å². The fourth-order valence-corrected chi connectivity index (χ4v) is 4.09. The van der Waals surface area contributed by atoms with E-state index in [1.165, 1.54) is 5.56 Å². The quantitative estimate of drug-likeness (QED) is 0.881. The van der Waals surface area contributed by atoms with E-state index in [1.807, 2.05) is 42.5 Å². The molecule has 1 heterocycles. The van der Waals surface area contributed by atoms with Gasteiger partial charge in [0, 0.05) is 24.0 Å². The highest BCUT2D eigenvalue weighted by Gasteiger charge is 2.54. The summed E-state index contributed by atoms with van der Waals surface area (Å²) in [5.74, 6) is 0.154. The maximum atomic E-state index is 12.7. The number of carbonyl (C=O) groups excluding carboxylic acids is 2. The summed E-state index contributed by atoms with van der Waals surface area (Å²) in [5, 5.41) is 0.660. The largest absolute Gasteiger partial charge is 0.369 e. The molecule has 2 aromatic rings. The minimum atomic E-state index is -0.666. The van der Waals surface area contributed by atoms with Crippen molar-refractivity contribution in [2.45, 2.75) is 18.8 Å². The molecule has 2 aliphatic rings. The Bertz CT molecular complexity index is 829. The van der Waals surface area contributed by atoms with Gasteiger partial charge in [-0.3, -0.25) is 9.59 Å². The number of amides is 2. The number of likely N-dealkylation sites (tertiary alicyclic amines) is 1. The third kappa shape index (κ3) is 3.10. The zero-order valence-electron chi connectivity index (χ0n) is 14.4. The van der Waals surface area contributed by atoms with Crippen molar-refractivity contribution >= 4 is 23.4 Å². The lowest BCUT2D eigenvalue weighted by molar-refractivity contribution is -0.152. The summed E-state index contributed by atoms with van der Waals surface area (Å²) in [6.07, 6.45) is 1.43. The number of rotatable bonds is 5. The predicted octanol–water partition coefficient (Wildman–Crippen LogP) is 3.00. The molecule has 1 aliphatic heterocycles. The van der Waals surface area contributed by atoms with E-state index in [1.54, 1.807) is 4.90 Å². The number of hydrogen-bond donors (Lipinski definition) is 1. The van der Waals surface area contributed by atoms with Crippen molar-refractivity contribution < 1.29 is 9.59 Å². The first-order chi connectivity index (χ1) is 12.5. The van der Waals surface area contributed by atoms with Crippen LogP contribution in [-0.2, 0) is 16.0 Å². The second-order valence-electron chi connectivity index (χ2n) is 7.50. The monoisotopic (exact) mass is 368 g/mol. The molecule has 2 aromatic carbocycles. The van der Waals surface area contributed by atoms with Crippen LogP contribution in [0.15, 0.2) is 54.6 Å². The molecule has 2 atom stereocenters. The Hall–Kier alpha value is -2.33. The number of carbonyl (C=O) groups is 2. The molecule has 5 heteroatoms. The van der Waals surface area contributed by atoms with Gasteiger partial charge in [-0.15, -0.1) is 0 Å². The molecule has 2 amide bonds. The van der Waals surface area contributed by atoms with Gasteiger partial charge in [-0.05, 0) is 42.0 Å². The van der Waals surface area contributed by atoms with Crippen molar-refractivity contribution in [3.05, 3.63) is 70.7 Å². The van der Waals surface area contributed by atoms with Crippen LogP contribution in [-0.4, -0.2) is 29.8 Å². The first-order valence-corrected chi connectivity index (χ1v) is 9.24. The second kappa shape index (κ2) is 6.44. The molecule has 4 rings (SSSR count). The van der Waals surface area contributed by atoms with Crippen molar-refractivity contribution in [3.63, 3.8) is 0 Å². The summed E-state index contributed by atoms with van der Waals surface area (Å²) < 4.78 is 0. The van der Waals surface area contributed by atoms with E-state index in [9.17, 15) is 9.59 Å². The van der Waals surface area contributed by atoms with Crippen molar-refractivity contribution in [3.8, 4) is 0 Å². The van der Waals surface area contributed by atoms with Gasteiger partial charge in [0.2, 0.25) is 11.8 Å². The predicted molar refractivity (Wildman–Crippen MR) is 101 cm³/mol. The average molecular weight is 369 g/mol. The molecule has 0 unspecified atom stereocenters. The molecule has 2 fully saturated rings. The first-order valence-electron chi connectivity index (χ1n) is 8.87. The van der Waals surface area contributed by atoms with Crippen LogP contribution in [0.1, 0.15) is 23.5 Å². The lowest BCUT2D eigenvalue weighted by Gasteiger charge is -2.48. The smallest absolute Gasteiger partial charge is 0.227 e. The minimum Gasteiger partial charge on any atom is -0.369 e. The zero-order chi connectivity index (χ0) is 18.3. The first kappa shape index (κ1) is 17.1. The van der Waals surface area contributed by atoms with Crippen molar-refractivity contribution in [2.24, 2.45) is 17.1 Å². The van der Waals surface area contributed by atoms with Gasteiger partial charge < -0.3 is 10.6 Å². The maximum Gasteiger partial charge on any atom is 0.227 e. The highest BCUT2D eigenvalue weighted by Crippen LogP contribution is 2.50. The molecule has 1 aliphatic carbocycles. The lowest BCUT2D eigenvalue weighted by atomic mass is 9.74. The lowest BCUT2D eigenvalue weighted by Crippen LogP contribution is -2.65. The Labute approximate surface area is 157 Å². The fraction of sp³-hybridized carbons (Fsp3) is 0.333. The van der Waals surface area contributed by atoms with Crippen LogP contribution < -0.4 is 5.73 Å². The highest BCUT2D eigenvalue weighted by atomic mass is 35.5. The van der Waals surface area contributed by atoms with E-state index < -0.39 is 5.41 Å². The summed E-state index contributed by atoms with van der Waals surface area (Å²) >= 11 is 5.92. The van der Waals surface area contributed by atoms with Crippen LogP contribution in [0.25, 0.3) is 0 Å². The van der Waals surface area contributed by atoms with Crippen LogP contribution in [0.3, 0.4) is 0 Å². The second-order valence-corrected chi connectivity index (χ2v) is 7.94. The number of nitrogens with zero attached hydrogens (tertiary/aromatic N) is 1. The molecule has 4 nitrogen and oxygen atoms in total. The van der Waals surface area contributed by atoms with E-state index in [-0.39, 0.29) is 17.7 Å². The van der Waals surface area contributed by atoms with Gasteiger partial charge in [0.1, 0.15) is 0 Å². The molecule has 1 saturated heterocycles. The molecule has 26 heavy (non-hydrogen) atoms. The fourth-order valence-electron chi connectivity index (χ4n) is 3.96. The van der Waals surface area contributed by atoms with Gasteiger partial charge in [-0.25, -0.2) is 0 Å². The molecular formula is C21H21ClN2O2. The molecule has 0 aromatic heterocycles. The molecular weight excluding hydrogens is 348 g/mol. The van der Waals surface area contributed by atoms with Crippen molar-refractivity contribution in [1.29, 1.82) is 0 Å². The van der Waals surface area contributed by atoms with E-state index in [2.05, 4.69) is 12.1 Å². The standard InChI is InChI=1S/C21H21ClN2O2/c22-16-8-6-14(7-9-16)11-21(20(23)26)12-24(13-21)19(25)18-10-17(18)15-4-2-1-3-5-15/h1-9,17-18H,10-13H2,(H2,23,26)/t17-,18+/m0/s1. The third-order valence-electron chi connectivity index (χ3n) is 5.61. The van der Waals surface area contributed by atoms with Gasteiger partial charge in [0.05, 0.1) is 5.41 Å². The Balaban J connectivity index is 1.40. The van der Waals surface area contributed by atoms with Gasteiger partial charge >= 0.3 is 0 Å². The summed E-state index contributed by atoms with van der Waals surface area (Å²) in [6, 6.07) is 17.6. The molecule has 2 N–H and O–H groups in total. The molecule has 1 saturated carbocycles. The number of hydrogen-bond acceptors (Lipinski definition) is 2. The van der Waals surface area contributed by atoms with Gasteiger partial charge in [0.25, 0.3) is 0 Å². The van der Waals surface area contributed by atoms with Crippen LogP contribution in [0.5, 0.6) is 0 Å². The minimum absolute atomic E-state index is 0.0406. The van der Waals surface area contributed by atoms with Gasteiger partial charge in [-0.1, -0.05) is 54.1 Å². The molecule has 0 bridgehead atoms. The van der Waals surface area contributed by atoms with Crippen molar-refractivity contribution in [2.75, 3.05) is 13.1 Å². The van der Waals surface area contributed by atoms with Crippen LogP contribution in [0.2, 0.25) is 5.02 Å². The van der Waals surface area contributed by atoms with Gasteiger partial charge in [0.15, 0.2) is 0 Å². The van der Waals surface area contributed by atoms with E-state index in [4.69, 9.17) is 17.3 Å².